The van der Waals surface area contributed by atoms with Crippen molar-refractivity contribution in [2.75, 3.05) is 28.4 Å². The first-order valence-electron chi connectivity index (χ1n) is 7.47. The predicted molar refractivity (Wildman–Crippen MR) is 95.0 cm³/mol. The maximum absolute atomic E-state index is 5.52. The van der Waals surface area contributed by atoms with E-state index in [-0.39, 0.29) is 5.48 Å². The van der Waals surface area contributed by atoms with Gasteiger partial charge in [-0.15, -0.1) is 0 Å². The van der Waals surface area contributed by atoms with Crippen LogP contribution in [0, 0.1) is 13.8 Å². The van der Waals surface area contributed by atoms with E-state index in [1.807, 2.05) is 38.1 Å². The molecule has 132 valence electrons. The van der Waals surface area contributed by atoms with E-state index < -0.39 is 0 Å². The van der Waals surface area contributed by atoms with Gasteiger partial charge in [0.1, 0.15) is 23.0 Å². The Morgan fingerprint density at radius 1 is 0.583 bits per heavy atom. The number of benzene rings is 2. The van der Waals surface area contributed by atoms with Crippen LogP contribution in [0.2, 0.25) is 0 Å². The molecule has 0 saturated carbocycles. The van der Waals surface area contributed by atoms with Gasteiger partial charge < -0.3 is 24.4 Å². The van der Waals surface area contributed by atoms with Gasteiger partial charge in [-0.1, -0.05) is 0 Å². The summed E-state index contributed by atoms with van der Waals surface area (Å²) in [4.78, 5) is 0. The molecule has 5 nitrogen and oxygen atoms in total. The minimum atomic E-state index is 0. The molecule has 0 spiro atoms. The number of ether oxygens (including phenoxy) is 4. The summed E-state index contributed by atoms with van der Waals surface area (Å²) in [6.07, 6.45) is 0.666. The second kappa shape index (κ2) is 8.45. The van der Waals surface area contributed by atoms with Crippen molar-refractivity contribution in [2.45, 2.75) is 20.3 Å². The van der Waals surface area contributed by atoms with Gasteiger partial charge in [0.15, 0.2) is 0 Å². The van der Waals surface area contributed by atoms with Crippen LogP contribution in [-0.2, 0) is 6.42 Å². The highest BCUT2D eigenvalue weighted by atomic mass is 16.5. The number of aryl methyl sites for hydroxylation is 2. The highest BCUT2D eigenvalue weighted by Gasteiger charge is 2.14. The van der Waals surface area contributed by atoms with Crippen LogP contribution in [-0.4, -0.2) is 33.9 Å². The van der Waals surface area contributed by atoms with Crippen molar-refractivity contribution in [3.63, 3.8) is 0 Å². The van der Waals surface area contributed by atoms with Gasteiger partial charge >= 0.3 is 0 Å². The average Bonchev–Trinajstić information content (AvgIpc) is 2.56. The number of rotatable bonds is 6. The fraction of sp³-hybridized carbons (Fsp3) is 0.368. The molecular formula is C19H26O5. The van der Waals surface area contributed by atoms with Gasteiger partial charge in [-0.05, 0) is 49.2 Å². The first-order chi connectivity index (χ1) is 11.0. The maximum atomic E-state index is 5.52. The molecule has 0 fully saturated rings. The van der Waals surface area contributed by atoms with E-state index in [1.165, 1.54) is 0 Å². The molecule has 0 heterocycles. The average molecular weight is 334 g/mol. The first kappa shape index (κ1) is 19.6. The van der Waals surface area contributed by atoms with Gasteiger partial charge in [-0.25, -0.2) is 0 Å². The van der Waals surface area contributed by atoms with E-state index in [1.54, 1.807) is 28.4 Å². The Morgan fingerprint density at radius 2 is 0.917 bits per heavy atom. The standard InChI is InChI=1S/C19H24O4.H2O/c1-12-7-18(22-5)14(10-16(12)20-3)9-15-11-17(21-4)13(2)8-19(15)23-6;/h7-8,10-11H,9H2,1-6H3;1H2. The third-order valence-corrected chi connectivity index (χ3v) is 3.98. The van der Waals surface area contributed by atoms with Crippen molar-refractivity contribution in [3.8, 4) is 23.0 Å². The summed E-state index contributed by atoms with van der Waals surface area (Å²) in [6.45, 7) is 4.00. The quantitative estimate of drug-likeness (QED) is 0.814. The van der Waals surface area contributed by atoms with Crippen LogP contribution in [0.4, 0.5) is 0 Å². The van der Waals surface area contributed by atoms with Crippen molar-refractivity contribution in [1.82, 2.24) is 0 Å². The van der Waals surface area contributed by atoms with Crippen molar-refractivity contribution in [1.29, 1.82) is 0 Å². The fourth-order valence-electron chi connectivity index (χ4n) is 2.71. The Kier molecular flexibility index (Phi) is 6.92. The number of methoxy groups -OCH3 is 4. The van der Waals surface area contributed by atoms with Crippen molar-refractivity contribution in [2.24, 2.45) is 0 Å². The van der Waals surface area contributed by atoms with Crippen LogP contribution in [0.1, 0.15) is 22.3 Å². The lowest BCUT2D eigenvalue weighted by molar-refractivity contribution is 0.392. The molecule has 2 rings (SSSR count). The molecule has 0 aliphatic carbocycles. The molecule has 0 aliphatic heterocycles. The molecule has 0 aromatic heterocycles. The molecule has 0 bridgehead atoms. The Balaban J connectivity index is 0.00000288. The van der Waals surface area contributed by atoms with Crippen LogP contribution in [0.15, 0.2) is 24.3 Å². The zero-order valence-corrected chi connectivity index (χ0v) is 15.1. The predicted octanol–water partition coefficient (Wildman–Crippen LogP) is 3.10. The lowest BCUT2D eigenvalue weighted by Crippen LogP contribution is -2.00. The Bertz CT molecular complexity index is 635. The first-order valence-corrected chi connectivity index (χ1v) is 7.47. The van der Waals surface area contributed by atoms with Gasteiger partial charge in [0.25, 0.3) is 0 Å². The molecule has 0 unspecified atom stereocenters. The summed E-state index contributed by atoms with van der Waals surface area (Å²) < 4.78 is 21.9. The number of hydrogen-bond donors (Lipinski definition) is 0. The van der Waals surface area contributed by atoms with E-state index in [4.69, 9.17) is 18.9 Å². The largest absolute Gasteiger partial charge is 0.496 e. The molecule has 24 heavy (non-hydrogen) atoms. The Labute approximate surface area is 143 Å². The highest BCUT2D eigenvalue weighted by molar-refractivity contribution is 5.52. The van der Waals surface area contributed by atoms with E-state index in [0.29, 0.717) is 6.42 Å². The second-order valence-electron chi connectivity index (χ2n) is 5.44. The maximum Gasteiger partial charge on any atom is 0.122 e. The van der Waals surface area contributed by atoms with Gasteiger partial charge in [0.2, 0.25) is 0 Å². The minimum absolute atomic E-state index is 0. The molecule has 5 heteroatoms. The van der Waals surface area contributed by atoms with Crippen LogP contribution >= 0.6 is 0 Å². The molecule has 2 aromatic carbocycles. The van der Waals surface area contributed by atoms with Crippen LogP contribution in [0.5, 0.6) is 23.0 Å². The summed E-state index contributed by atoms with van der Waals surface area (Å²) >= 11 is 0. The fourth-order valence-corrected chi connectivity index (χ4v) is 2.71. The molecule has 0 saturated heterocycles. The van der Waals surface area contributed by atoms with Crippen molar-refractivity contribution >= 4 is 0 Å². The topological polar surface area (TPSA) is 68.4 Å². The van der Waals surface area contributed by atoms with E-state index in [0.717, 1.165) is 45.3 Å². The van der Waals surface area contributed by atoms with Gasteiger partial charge in [0, 0.05) is 17.5 Å². The summed E-state index contributed by atoms with van der Waals surface area (Å²) in [5, 5.41) is 0. The summed E-state index contributed by atoms with van der Waals surface area (Å²) in [5.41, 5.74) is 4.17. The van der Waals surface area contributed by atoms with Gasteiger partial charge in [-0.2, -0.15) is 0 Å². The monoisotopic (exact) mass is 334 g/mol. The summed E-state index contributed by atoms with van der Waals surface area (Å²) in [5.74, 6) is 3.37. The minimum Gasteiger partial charge on any atom is -0.496 e. The third kappa shape index (κ3) is 3.92. The molecular weight excluding hydrogens is 308 g/mol. The van der Waals surface area contributed by atoms with Crippen LogP contribution in [0.25, 0.3) is 0 Å². The Hall–Kier alpha value is -2.40. The van der Waals surface area contributed by atoms with Gasteiger partial charge in [0.05, 0.1) is 28.4 Å². The highest BCUT2D eigenvalue weighted by Crippen LogP contribution is 2.34. The molecule has 0 radical (unpaired) electrons. The second-order valence-corrected chi connectivity index (χ2v) is 5.44. The normalized spacial score (nSPS) is 9.92. The molecule has 0 aliphatic rings. The van der Waals surface area contributed by atoms with Crippen LogP contribution < -0.4 is 18.9 Å². The van der Waals surface area contributed by atoms with E-state index in [9.17, 15) is 0 Å². The van der Waals surface area contributed by atoms with Crippen molar-refractivity contribution in [3.05, 3.63) is 46.5 Å². The van der Waals surface area contributed by atoms with Gasteiger partial charge in [-0.3, -0.25) is 0 Å². The van der Waals surface area contributed by atoms with Crippen LogP contribution in [0.3, 0.4) is 0 Å². The smallest absolute Gasteiger partial charge is 0.122 e. The lowest BCUT2D eigenvalue weighted by Gasteiger charge is -2.16. The summed E-state index contributed by atoms with van der Waals surface area (Å²) in [7, 11) is 6.71. The Morgan fingerprint density at radius 3 is 1.21 bits per heavy atom. The lowest BCUT2D eigenvalue weighted by atomic mass is 9.99. The summed E-state index contributed by atoms with van der Waals surface area (Å²) in [6, 6.07) is 8.01. The SMILES string of the molecule is COc1cc(Cc2cc(OC)c(C)cc2OC)c(OC)cc1C.O. The van der Waals surface area contributed by atoms with Crippen molar-refractivity contribution < 1.29 is 24.4 Å². The number of hydrogen-bond acceptors (Lipinski definition) is 4. The van der Waals surface area contributed by atoms with E-state index in [2.05, 4.69) is 0 Å². The zero-order valence-electron chi connectivity index (χ0n) is 15.1. The molecule has 0 atom stereocenters. The molecule has 2 N–H and O–H groups in total. The zero-order chi connectivity index (χ0) is 17.0. The molecule has 2 aromatic rings. The molecule has 0 amide bonds. The van der Waals surface area contributed by atoms with E-state index >= 15 is 0 Å². The third-order valence-electron chi connectivity index (χ3n) is 3.98.